The number of carbonyl (C=O) groups excluding carboxylic acids is 1. The second-order valence-electron chi connectivity index (χ2n) is 7.46. The number of hydrogen-bond acceptors (Lipinski definition) is 5. The molecule has 146 valence electrons. The summed E-state index contributed by atoms with van der Waals surface area (Å²) in [5, 5.41) is 3.48. The van der Waals surface area contributed by atoms with E-state index >= 15 is 0 Å². The summed E-state index contributed by atoms with van der Waals surface area (Å²) in [4.78, 5) is 14.0. The van der Waals surface area contributed by atoms with E-state index in [-0.39, 0.29) is 17.8 Å². The van der Waals surface area contributed by atoms with Gasteiger partial charge in [0.15, 0.2) is 0 Å². The Bertz CT molecular complexity index is 550. The topological polar surface area (TPSA) is 60.0 Å². The van der Waals surface area contributed by atoms with Crippen LogP contribution in [0.1, 0.15) is 32.8 Å². The molecule has 26 heavy (non-hydrogen) atoms. The lowest BCUT2D eigenvalue weighted by Crippen LogP contribution is -2.50. The van der Waals surface area contributed by atoms with Crippen molar-refractivity contribution < 1.29 is 19.0 Å². The number of amides is 1. The fourth-order valence-corrected chi connectivity index (χ4v) is 3.04. The van der Waals surface area contributed by atoms with Crippen molar-refractivity contribution in [2.75, 3.05) is 33.4 Å². The molecule has 0 aliphatic carbocycles. The number of ether oxygens (including phenoxy) is 3. The molecule has 1 aromatic rings. The molecular formula is C20H32N2O4. The monoisotopic (exact) mass is 364 g/mol. The first-order valence-corrected chi connectivity index (χ1v) is 9.25. The van der Waals surface area contributed by atoms with E-state index in [9.17, 15) is 4.79 Å². The van der Waals surface area contributed by atoms with Crippen LogP contribution in [-0.2, 0) is 20.8 Å². The first-order valence-electron chi connectivity index (χ1n) is 9.25. The Balaban J connectivity index is 1.73. The zero-order chi connectivity index (χ0) is 19.0. The summed E-state index contributed by atoms with van der Waals surface area (Å²) in [6.45, 7) is 8.92. The van der Waals surface area contributed by atoms with Crippen LogP contribution in [0.2, 0.25) is 0 Å². The van der Waals surface area contributed by atoms with Gasteiger partial charge in [-0.15, -0.1) is 0 Å². The molecule has 0 saturated carbocycles. The Morgan fingerprint density at radius 3 is 2.81 bits per heavy atom. The van der Waals surface area contributed by atoms with E-state index in [4.69, 9.17) is 14.2 Å². The van der Waals surface area contributed by atoms with Gasteiger partial charge in [0.1, 0.15) is 6.61 Å². The smallest absolute Gasteiger partial charge is 0.410 e. The van der Waals surface area contributed by atoms with Crippen molar-refractivity contribution in [1.82, 2.24) is 10.2 Å². The predicted octanol–water partition coefficient (Wildman–Crippen LogP) is 2.82. The first-order chi connectivity index (χ1) is 12.4. The number of hydrogen-bond donors (Lipinski definition) is 1. The Labute approximate surface area is 156 Å². The van der Waals surface area contributed by atoms with E-state index < -0.39 is 0 Å². The largest absolute Gasteiger partial charge is 0.445 e. The third-order valence-corrected chi connectivity index (χ3v) is 4.65. The number of carbonyl (C=O) groups is 1. The van der Waals surface area contributed by atoms with Crippen LogP contribution < -0.4 is 5.32 Å². The molecule has 1 heterocycles. The van der Waals surface area contributed by atoms with Crippen LogP contribution in [0.3, 0.4) is 0 Å². The summed E-state index contributed by atoms with van der Waals surface area (Å²) in [5.41, 5.74) is 0.828. The second kappa shape index (κ2) is 9.90. The average Bonchev–Trinajstić information content (AvgIpc) is 2.65. The lowest BCUT2D eigenvalue weighted by molar-refractivity contribution is -0.0302. The van der Waals surface area contributed by atoms with E-state index in [1.165, 1.54) is 0 Å². The van der Waals surface area contributed by atoms with Crippen molar-refractivity contribution >= 4 is 6.09 Å². The van der Waals surface area contributed by atoms with Gasteiger partial charge in [-0.1, -0.05) is 30.3 Å². The summed E-state index contributed by atoms with van der Waals surface area (Å²) in [5.74, 6) is 0. The van der Waals surface area contributed by atoms with Crippen LogP contribution >= 0.6 is 0 Å². The minimum Gasteiger partial charge on any atom is -0.445 e. The highest BCUT2D eigenvalue weighted by Crippen LogP contribution is 2.15. The quantitative estimate of drug-likeness (QED) is 0.769. The maximum atomic E-state index is 12.3. The molecule has 1 amide bonds. The minimum absolute atomic E-state index is 0.0267. The number of benzene rings is 1. The zero-order valence-corrected chi connectivity index (χ0v) is 16.4. The molecule has 0 radical (unpaired) electrons. The van der Waals surface area contributed by atoms with Crippen LogP contribution in [-0.4, -0.2) is 62.1 Å². The summed E-state index contributed by atoms with van der Waals surface area (Å²) < 4.78 is 16.7. The summed E-state index contributed by atoms with van der Waals surface area (Å²) in [6.07, 6.45) is 0.593. The Kier molecular flexibility index (Phi) is 7.87. The van der Waals surface area contributed by atoms with Gasteiger partial charge in [-0.3, -0.25) is 0 Å². The van der Waals surface area contributed by atoms with Crippen LogP contribution in [0.15, 0.2) is 30.3 Å². The van der Waals surface area contributed by atoms with Gasteiger partial charge >= 0.3 is 6.09 Å². The fraction of sp³-hybridized carbons (Fsp3) is 0.650. The second-order valence-corrected chi connectivity index (χ2v) is 7.46. The van der Waals surface area contributed by atoms with Crippen LogP contribution in [0, 0.1) is 0 Å². The number of morpholine rings is 1. The van der Waals surface area contributed by atoms with Gasteiger partial charge in [0, 0.05) is 26.2 Å². The number of nitrogens with one attached hydrogen (secondary N) is 1. The summed E-state index contributed by atoms with van der Waals surface area (Å²) in [6, 6.07) is 10.0. The Hall–Kier alpha value is -1.63. The Morgan fingerprint density at radius 1 is 1.38 bits per heavy atom. The van der Waals surface area contributed by atoms with Crippen molar-refractivity contribution in [3.63, 3.8) is 0 Å². The van der Waals surface area contributed by atoms with Gasteiger partial charge < -0.3 is 24.4 Å². The Morgan fingerprint density at radius 2 is 2.12 bits per heavy atom. The summed E-state index contributed by atoms with van der Waals surface area (Å²) >= 11 is 0. The van der Waals surface area contributed by atoms with Crippen molar-refractivity contribution in [1.29, 1.82) is 0 Å². The zero-order valence-electron chi connectivity index (χ0n) is 16.4. The van der Waals surface area contributed by atoms with Gasteiger partial charge in [0.2, 0.25) is 0 Å². The van der Waals surface area contributed by atoms with Gasteiger partial charge in [0.05, 0.1) is 24.9 Å². The van der Waals surface area contributed by atoms with E-state index in [0.29, 0.717) is 38.9 Å². The van der Waals surface area contributed by atoms with Crippen LogP contribution in [0.5, 0.6) is 0 Å². The highest BCUT2D eigenvalue weighted by Gasteiger charge is 2.26. The molecule has 6 heteroatoms. The van der Waals surface area contributed by atoms with Gasteiger partial charge in [-0.25, -0.2) is 4.79 Å². The molecule has 2 unspecified atom stereocenters. The average molecular weight is 364 g/mol. The number of methoxy groups -OCH3 is 1. The molecule has 1 fully saturated rings. The number of nitrogens with zero attached hydrogens (tertiary/aromatic N) is 1. The predicted molar refractivity (Wildman–Crippen MR) is 101 cm³/mol. The van der Waals surface area contributed by atoms with E-state index in [0.717, 1.165) is 12.0 Å². The molecular weight excluding hydrogens is 332 g/mol. The molecule has 1 N–H and O–H groups in total. The van der Waals surface area contributed by atoms with Gasteiger partial charge in [-0.05, 0) is 32.8 Å². The molecule has 6 nitrogen and oxygen atoms in total. The molecule has 0 bridgehead atoms. The van der Waals surface area contributed by atoms with Crippen molar-refractivity contribution in [2.45, 2.75) is 51.5 Å². The van der Waals surface area contributed by atoms with Crippen LogP contribution in [0.4, 0.5) is 4.79 Å². The third kappa shape index (κ3) is 6.94. The minimum atomic E-state index is -0.282. The molecule has 2 rings (SSSR count). The lowest BCUT2D eigenvalue weighted by Gasteiger charge is -2.33. The first kappa shape index (κ1) is 20.7. The van der Waals surface area contributed by atoms with Gasteiger partial charge in [0.25, 0.3) is 0 Å². The number of rotatable bonds is 8. The van der Waals surface area contributed by atoms with Crippen molar-refractivity contribution in [3.05, 3.63) is 35.9 Å². The highest BCUT2D eigenvalue weighted by molar-refractivity contribution is 5.67. The SMILES string of the molecule is COC(C)(C)CC(C)NCC1CN(C(=O)OCc2ccccc2)CCO1. The summed E-state index contributed by atoms with van der Waals surface area (Å²) in [7, 11) is 1.73. The molecule has 1 aliphatic heterocycles. The van der Waals surface area contributed by atoms with Crippen LogP contribution in [0.25, 0.3) is 0 Å². The third-order valence-electron chi connectivity index (χ3n) is 4.65. The molecule has 0 spiro atoms. The van der Waals surface area contributed by atoms with E-state index in [1.54, 1.807) is 12.0 Å². The van der Waals surface area contributed by atoms with Crippen molar-refractivity contribution in [3.8, 4) is 0 Å². The molecule has 1 aromatic carbocycles. The highest BCUT2D eigenvalue weighted by atomic mass is 16.6. The van der Waals surface area contributed by atoms with Crippen molar-refractivity contribution in [2.24, 2.45) is 0 Å². The maximum Gasteiger partial charge on any atom is 0.410 e. The lowest BCUT2D eigenvalue weighted by atomic mass is 10.00. The molecule has 1 aliphatic rings. The molecule has 2 atom stereocenters. The standard InChI is InChI=1S/C20H32N2O4/c1-16(12-20(2,3)24-4)21-13-18-14-22(10-11-25-18)19(23)26-15-17-8-6-5-7-9-17/h5-9,16,18,21H,10-15H2,1-4H3. The van der Waals surface area contributed by atoms with Gasteiger partial charge in [-0.2, -0.15) is 0 Å². The fourth-order valence-electron chi connectivity index (χ4n) is 3.04. The van der Waals surface area contributed by atoms with E-state index in [2.05, 4.69) is 26.1 Å². The van der Waals surface area contributed by atoms with E-state index in [1.807, 2.05) is 30.3 Å². The molecule has 1 saturated heterocycles. The maximum absolute atomic E-state index is 12.3. The normalized spacial score (nSPS) is 19.2. The molecule has 0 aromatic heterocycles.